The molecule has 100 valence electrons. The second-order valence-corrected chi connectivity index (χ2v) is 6.11. The van der Waals surface area contributed by atoms with Gasteiger partial charge in [-0.25, -0.2) is 13.2 Å². The monoisotopic (exact) mass is 272 g/mol. The molecule has 0 spiro atoms. The van der Waals surface area contributed by atoms with Gasteiger partial charge < -0.3 is 15.8 Å². The number of benzene rings is 1. The molecule has 0 heterocycles. The van der Waals surface area contributed by atoms with Crippen molar-refractivity contribution in [1.29, 1.82) is 0 Å². The molecule has 1 aromatic rings. The van der Waals surface area contributed by atoms with E-state index in [-0.39, 0.29) is 12.3 Å². The zero-order valence-corrected chi connectivity index (χ0v) is 11.1. The summed E-state index contributed by atoms with van der Waals surface area (Å²) < 4.78 is 26.6. The zero-order chi connectivity index (χ0) is 13.8. The van der Waals surface area contributed by atoms with Crippen LogP contribution in [0.4, 0.5) is 11.4 Å². The van der Waals surface area contributed by atoms with E-state index in [1.807, 2.05) is 0 Å². The Kier molecular flexibility index (Phi) is 4.55. The van der Waals surface area contributed by atoms with Crippen LogP contribution >= 0.6 is 0 Å². The van der Waals surface area contributed by atoms with Crippen molar-refractivity contribution in [2.45, 2.75) is 0 Å². The number of carbonyl (C=O) groups is 1. The van der Waals surface area contributed by atoms with Crippen LogP contribution in [0.25, 0.3) is 0 Å². The first-order valence-corrected chi connectivity index (χ1v) is 7.29. The van der Waals surface area contributed by atoms with Gasteiger partial charge in [-0.05, 0) is 18.2 Å². The summed E-state index contributed by atoms with van der Waals surface area (Å²) in [4.78, 5) is 11.3. The fourth-order valence-corrected chi connectivity index (χ4v) is 1.80. The van der Waals surface area contributed by atoms with Crippen molar-refractivity contribution in [1.82, 2.24) is 0 Å². The van der Waals surface area contributed by atoms with E-state index < -0.39 is 15.8 Å². The van der Waals surface area contributed by atoms with E-state index >= 15 is 0 Å². The number of hydrogen-bond donors (Lipinski definition) is 2. The van der Waals surface area contributed by atoms with Gasteiger partial charge >= 0.3 is 5.97 Å². The molecule has 0 fully saturated rings. The minimum atomic E-state index is -3.03. The van der Waals surface area contributed by atoms with Gasteiger partial charge in [0.25, 0.3) is 0 Å². The van der Waals surface area contributed by atoms with E-state index in [9.17, 15) is 13.2 Å². The van der Waals surface area contributed by atoms with Crippen LogP contribution in [0, 0.1) is 0 Å². The number of nitrogens with one attached hydrogen (secondary N) is 1. The smallest absolute Gasteiger partial charge is 0.337 e. The quantitative estimate of drug-likeness (QED) is 0.598. The van der Waals surface area contributed by atoms with E-state index in [4.69, 9.17) is 5.73 Å². The molecule has 0 saturated carbocycles. The normalized spacial score (nSPS) is 11.0. The fraction of sp³-hybridized carbons (Fsp3) is 0.364. The van der Waals surface area contributed by atoms with Gasteiger partial charge in [-0.1, -0.05) is 0 Å². The summed E-state index contributed by atoms with van der Waals surface area (Å²) in [7, 11) is -1.75. The lowest BCUT2D eigenvalue weighted by atomic mass is 10.1. The summed E-state index contributed by atoms with van der Waals surface area (Å²) in [6.45, 7) is 0.230. The number of esters is 1. The second kappa shape index (κ2) is 5.72. The molecule has 0 unspecified atom stereocenters. The van der Waals surface area contributed by atoms with E-state index in [2.05, 4.69) is 10.1 Å². The highest BCUT2D eigenvalue weighted by Crippen LogP contribution is 2.20. The average Bonchev–Trinajstić information content (AvgIpc) is 2.29. The van der Waals surface area contributed by atoms with Crippen LogP contribution in [0.2, 0.25) is 0 Å². The predicted octanol–water partition coefficient (Wildman–Crippen LogP) is 0.512. The fourth-order valence-electron chi connectivity index (χ4n) is 1.33. The van der Waals surface area contributed by atoms with Gasteiger partial charge in [-0.3, -0.25) is 0 Å². The Morgan fingerprint density at radius 2 is 2.11 bits per heavy atom. The van der Waals surface area contributed by atoms with Crippen LogP contribution in [0.3, 0.4) is 0 Å². The van der Waals surface area contributed by atoms with Crippen LogP contribution in [0.5, 0.6) is 0 Å². The van der Waals surface area contributed by atoms with Crippen molar-refractivity contribution in [2.75, 3.05) is 36.7 Å². The molecule has 1 rings (SSSR count). The van der Waals surface area contributed by atoms with E-state index in [1.165, 1.54) is 13.2 Å². The third-order valence-electron chi connectivity index (χ3n) is 2.26. The molecule has 0 aliphatic rings. The van der Waals surface area contributed by atoms with Crippen LogP contribution in [0.1, 0.15) is 10.4 Å². The maximum atomic E-state index is 11.3. The summed E-state index contributed by atoms with van der Waals surface area (Å²) >= 11 is 0. The Balaban J connectivity index is 2.79. The summed E-state index contributed by atoms with van der Waals surface area (Å²) in [5.74, 6) is -0.476. The number of carbonyl (C=O) groups excluding carboxylic acids is 1. The molecular weight excluding hydrogens is 256 g/mol. The summed E-state index contributed by atoms with van der Waals surface area (Å²) in [6.07, 6.45) is 1.16. The number of sulfone groups is 1. The van der Waals surface area contributed by atoms with Gasteiger partial charge in [0.2, 0.25) is 0 Å². The molecule has 0 aliphatic heterocycles. The molecule has 0 bridgehead atoms. The molecule has 0 aromatic heterocycles. The SMILES string of the molecule is COC(=O)c1ccc(N)c(NCCS(C)(=O)=O)c1. The highest BCUT2D eigenvalue weighted by atomic mass is 32.2. The molecule has 1 aromatic carbocycles. The summed E-state index contributed by atoms with van der Waals surface area (Å²) in [5.41, 5.74) is 7.03. The van der Waals surface area contributed by atoms with Crippen molar-refractivity contribution in [3.05, 3.63) is 23.8 Å². The molecule has 3 N–H and O–H groups in total. The molecule has 18 heavy (non-hydrogen) atoms. The highest BCUT2D eigenvalue weighted by Gasteiger charge is 2.09. The lowest BCUT2D eigenvalue weighted by molar-refractivity contribution is 0.0601. The lowest BCUT2D eigenvalue weighted by Crippen LogP contribution is -2.15. The summed E-state index contributed by atoms with van der Waals surface area (Å²) in [5, 5.41) is 2.88. The Bertz CT molecular complexity index is 540. The first-order valence-electron chi connectivity index (χ1n) is 5.23. The van der Waals surface area contributed by atoms with E-state index in [0.29, 0.717) is 16.9 Å². The van der Waals surface area contributed by atoms with Crippen molar-refractivity contribution < 1.29 is 17.9 Å². The van der Waals surface area contributed by atoms with Crippen LogP contribution in [-0.2, 0) is 14.6 Å². The molecule has 0 radical (unpaired) electrons. The minimum absolute atomic E-state index is 0.00507. The summed E-state index contributed by atoms with van der Waals surface area (Å²) in [6, 6.07) is 4.64. The second-order valence-electron chi connectivity index (χ2n) is 3.85. The standard InChI is InChI=1S/C11H16N2O4S/c1-17-11(14)8-3-4-9(12)10(7-8)13-5-6-18(2,15)16/h3-4,7,13H,5-6,12H2,1-2H3. The number of ether oxygens (including phenoxy) is 1. The van der Waals surface area contributed by atoms with Crippen LogP contribution in [-0.4, -0.2) is 40.1 Å². The third kappa shape index (κ3) is 4.25. The maximum absolute atomic E-state index is 11.3. The van der Waals surface area contributed by atoms with Crippen LogP contribution < -0.4 is 11.1 Å². The van der Waals surface area contributed by atoms with Gasteiger partial charge in [0.05, 0.1) is 29.8 Å². The van der Waals surface area contributed by atoms with Crippen molar-refractivity contribution in [3.8, 4) is 0 Å². The van der Waals surface area contributed by atoms with Gasteiger partial charge in [0, 0.05) is 12.8 Å². The molecule has 7 heteroatoms. The Morgan fingerprint density at radius 1 is 1.44 bits per heavy atom. The molecule has 0 saturated heterocycles. The Morgan fingerprint density at radius 3 is 2.67 bits per heavy atom. The zero-order valence-electron chi connectivity index (χ0n) is 10.3. The molecule has 0 amide bonds. The van der Waals surface area contributed by atoms with Crippen molar-refractivity contribution in [3.63, 3.8) is 0 Å². The molecule has 0 atom stereocenters. The van der Waals surface area contributed by atoms with Gasteiger partial charge in [0.1, 0.15) is 9.84 Å². The minimum Gasteiger partial charge on any atom is -0.465 e. The first kappa shape index (κ1) is 14.3. The highest BCUT2D eigenvalue weighted by molar-refractivity contribution is 7.90. The number of methoxy groups -OCH3 is 1. The largest absolute Gasteiger partial charge is 0.465 e. The maximum Gasteiger partial charge on any atom is 0.337 e. The topological polar surface area (TPSA) is 98.5 Å². The van der Waals surface area contributed by atoms with E-state index in [0.717, 1.165) is 6.26 Å². The average molecular weight is 272 g/mol. The predicted molar refractivity (Wildman–Crippen MR) is 70.4 cm³/mol. The van der Waals surface area contributed by atoms with Crippen molar-refractivity contribution >= 4 is 27.2 Å². The van der Waals surface area contributed by atoms with E-state index in [1.54, 1.807) is 12.1 Å². The molecular formula is C11H16N2O4S. The van der Waals surface area contributed by atoms with Gasteiger partial charge in [-0.2, -0.15) is 0 Å². The Labute approximate surface area is 106 Å². The number of anilines is 2. The number of nitrogen functional groups attached to an aromatic ring is 1. The molecule has 0 aliphatic carbocycles. The Hall–Kier alpha value is -1.76. The van der Waals surface area contributed by atoms with Crippen LogP contribution in [0.15, 0.2) is 18.2 Å². The van der Waals surface area contributed by atoms with Gasteiger partial charge in [-0.15, -0.1) is 0 Å². The van der Waals surface area contributed by atoms with Crippen molar-refractivity contribution in [2.24, 2.45) is 0 Å². The third-order valence-corrected chi connectivity index (χ3v) is 3.21. The van der Waals surface area contributed by atoms with Gasteiger partial charge in [0.15, 0.2) is 0 Å². The first-order chi connectivity index (χ1) is 8.33. The number of rotatable bonds is 5. The molecule has 6 nitrogen and oxygen atoms in total. The number of nitrogens with two attached hydrogens (primary N) is 1. The number of hydrogen-bond acceptors (Lipinski definition) is 6. The lowest BCUT2D eigenvalue weighted by Gasteiger charge is -2.10.